The Hall–Kier alpha value is -0.000000000000000111. The second kappa shape index (κ2) is 9.99. The third kappa shape index (κ3) is 5.57. The molecule has 2 N–H and O–H groups in total. The van der Waals surface area contributed by atoms with Gasteiger partial charge in [-0.15, -0.1) is 24.8 Å². The lowest BCUT2D eigenvalue weighted by Crippen LogP contribution is -2.45. The summed E-state index contributed by atoms with van der Waals surface area (Å²) in [5.74, 6) is 1.06. The summed E-state index contributed by atoms with van der Waals surface area (Å²) in [5.41, 5.74) is 2.01. The number of halogens is 3. The normalized spacial score (nSPS) is 16.8. The highest BCUT2D eigenvalue weighted by molar-refractivity contribution is 9.10. The van der Waals surface area contributed by atoms with Gasteiger partial charge in [0, 0.05) is 42.3 Å². The Morgan fingerprint density at radius 2 is 1.82 bits per heavy atom. The molecule has 6 heteroatoms. The van der Waals surface area contributed by atoms with Crippen molar-refractivity contribution in [2.24, 2.45) is 5.92 Å². The number of aryl methyl sites for hydroxylation is 1. The molecule has 0 amide bonds. The summed E-state index contributed by atoms with van der Waals surface area (Å²) in [7, 11) is 0. The molecule has 22 heavy (non-hydrogen) atoms. The molecule has 0 aromatic heterocycles. The van der Waals surface area contributed by atoms with Crippen molar-refractivity contribution in [3.05, 3.63) is 27.7 Å². The molecule has 1 aromatic rings. The molecular weight excluding hydrogens is 387 g/mol. The van der Waals surface area contributed by atoms with Crippen molar-refractivity contribution in [2.75, 3.05) is 26.2 Å². The summed E-state index contributed by atoms with van der Waals surface area (Å²) >= 11 is 3.56. The standard InChI is InChI=1S/C16H25BrN2O.2ClH/c1-11(2)8-15(19-6-4-18-5-7-19)14-10-13(17)9-12(3)16(14)20;;/h9-11,15,18,20H,4-8H2,1-3H3;2*1H/t15-;;/m1../s1. The summed E-state index contributed by atoms with van der Waals surface area (Å²) in [5, 5.41) is 13.9. The smallest absolute Gasteiger partial charge is 0.123 e. The van der Waals surface area contributed by atoms with Crippen LogP contribution in [-0.2, 0) is 0 Å². The number of aromatic hydroxyl groups is 1. The fraction of sp³-hybridized carbons (Fsp3) is 0.625. The highest BCUT2D eigenvalue weighted by Crippen LogP contribution is 2.37. The summed E-state index contributed by atoms with van der Waals surface area (Å²) in [4.78, 5) is 2.50. The van der Waals surface area contributed by atoms with Crippen molar-refractivity contribution in [3.8, 4) is 5.75 Å². The predicted octanol–water partition coefficient (Wildman–Crippen LogP) is 4.30. The minimum atomic E-state index is 0. The Labute approximate surface area is 154 Å². The fourth-order valence-corrected chi connectivity index (χ4v) is 3.52. The Balaban J connectivity index is 0.00000220. The third-order valence-corrected chi connectivity index (χ3v) is 4.40. The van der Waals surface area contributed by atoms with E-state index in [1.165, 1.54) is 0 Å². The van der Waals surface area contributed by atoms with Crippen LogP contribution in [0.25, 0.3) is 0 Å². The number of hydrogen-bond acceptors (Lipinski definition) is 3. The van der Waals surface area contributed by atoms with E-state index in [9.17, 15) is 5.11 Å². The molecular formula is C16H27BrCl2N2O. The van der Waals surface area contributed by atoms with Gasteiger partial charge in [0.1, 0.15) is 5.75 Å². The Bertz CT molecular complexity index is 466. The number of hydrogen-bond donors (Lipinski definition) is 2. The first-order valence-corrected chi connectivity index (χ1v) is 8.22. The molecule has 0 bridgehead atoms. The highest BCUT2D eigenvalue weighted by Gasteiger charge is 2.26. The molecule has 0 spiro atoms. The minimum Gasteiger partial charge on any atom is -0.507 e. The summed E-state index contributed by atoms with van der Waals surface area (Å²) in [6.07, 6.45) is 1.07. The molecule has 128 valence electrons. The van der Waals surface area contributed by atoms with Crippen molar-refractivity contribution in [1.82, 2.24) is 10.2 Å². The predicted molar refractivity (Wildman–Crippen MR) is 102 cm³/mol. The Morgan fingerprint density at radius 1 is 1.23 bits per heavy atom. The zero-order valence-corrected chi connectivity index (χ0v) is 16.7. The lowest BCUT2D eigenvalue weighted by molar-refractivity contribution is 0.151. The molecule has 2 rings (SSSR count). The maximum Gasteiger partial charge on any atom is 0.123 e. The van der Waals surface area contributed by atoms with Crippen LogP contribution >= 0.6 is 40.7 Å². The number of benzene rings is 1. The van der Waals surface area contributed by atoms with Gasteiger partial charge in [-0.3, -0.25) is 4.90 Å². The van der Waals surface area contributed by atoms with E-state index in [1.807, 2.05) is 13.0 Å². The minimum absolute atomic E-state index is 0. The number of phenolic OH excluding ortho intramolecular Hbond substituents is 1. The van der Waals surface area contributed by atoms with E-state index in [0.29, 0.717) is 17.7 Å². The number of nitrogens with zero attached hydrogens (tertiary/aromatic N) is 1. The van der Waals surface area contributed by atoms with Crippen LogP contribution in [0.4, 0.5) is 0 Å². The van der Waals surface area contributed by atoms with Crippen LogP contribution in [0.1, 0.15) is 37.4 Å². The van der Waals surface area contributed by atoms with E-state index in [2.05, 4.69) is 46.1 Å². The van der Waals surface area contributed by atoms with E-state index in [-0.39, 0.29) is 24.8 Å². The van der Waals surface area contributed by atoms with Crippen LogP contribution in [0.5, 0.6) is 5.75 Å². The van der Waals surface area contributed by atoms with E-state index >= 15 is 0 Å². The van der Waals surface area contributed by atoms with Crippen LogP contribution in [0.15, 0.2) is 16.6 Å². The van der Waals surface area contributed by atoms with E-state index in [1.54, 1.807) is 0 Å². The van der Waals surface area contributed by atoms with Gasteiger partial charge in [0.25, 0.3) is 0 Å². The van der Waals surface area contributed by atoms with Crippen molar-refractivity contribution in [2.45, 2.75) is 33.2 Å². The topological polar surface area (TPSA) is 35.5 Å². The summed E-state index contributed by atoms with van der Waals surface area (Å²) in [6, 6.07) is 4.36. The van der Waals surface area contributed by atoms with Gasteiger partial charge in [0.2, 0.25) is 0 Å². The van der Waals surface area contributed by atoms with Crippen molar-refractivity contribution >= 4 is 40.7 Å². The van der Waals surface area contributed by atoms with Gasteiger partial charge in [-0.2, -0.15) is 0 Å². The maximum absolute atomic E-state index is 10.5. The molecule has 1 fully saturated rings. The SMILES string of the molecule is Cc1cc(Br)cc([C@@H](CC(C)C)N2CCNCC2)c1O.Cl.Cl. The number of piperazine rings is 1. The van der Waals surface area contributed by atoms with E-state index in [0.717, 1.165) is 48.2 Å². The first kappa shape index (κ1) is 22.0. The van der Waals surface area contributed by atoms with Gasteiger partial charge in [-0.05, 0) is 37.0 Å². The van der Waals surface area contributed by atoms with Gasteiger partial charge in [-0.25, -0.2) is 0 Å². The number of nitrogens with one attached hydrogen (secondary N) is 1. The van der Waals surface area contributed by atoms with Crippen LogP contribution in [0, 0.1) is 12.8 Å². The highest BCUT2D eigenvalue weighted by atomic mass is 79.9. The molecule has 1 saturated heterocycles. The summed E-state index contributed by atoms with van der Waals surface area (Å²) in [6.45, 7) is 10.6. The van der Waals surface area contributed by atoms with Crippen LogP contribution < -0.4 is 5.32 Å². The second-order valence-corrected chi connectivity index (χ2v) is 7.01. The molecule has 0 saturated carbocycles. The zero-order valence-electron chi connectivity index (χ0n) is 13.4. The van der Waals surface area contributed by atoms with Crippen molar-refractivity contribution in [1.29, 1.82) is 0 Å². The van der Waals surface area contributed by atoms with Gasteiger partial charge in [0.15, 0.2) is 0 Å². The average molecular weight is 414 g/mol. The Morgan fingerprint density at radius 3 is 2.36 bits per heavy atom. The lowest BCUT2D eigenvalue weighted by atomic mass is 9.93. The van der Waals surface area contributed by atoms with Gasteiger partial charge < -0.3 is 10.4 Å². The molecule has 1 aromatic carbocycles. The number of rotatable bonds is 4. The van der Waals surface area contributed by atoms with Gasteiger partial charge in [-0.1, -0.05) is 29.8 Å². The van der Waals surface area contributed by atoms with Gasteiger partial charge >= 0.3 is 0 Å². The molecule has 1 atom stereocenters. The quantitative estimate of drug-likeness (QED) is 0.772. The third-order valence-electron chi connectivity index (χ3n) is 3.94. The lowest BCUT2D eigenvalue weighted by Gasteiger charge is -2.36. The first-order chi connectivity index (χ1) is 9.49. The van der Waals surface area contributed by atoms with Crippen molar-refractivity contribution < 1.29 is 5.11 Å². The van der Waals surface area contributed by atoms with Crippen LogP contribution in [0.2, 0.25) is 0 Å². The summed E-state index contributed by atoms with van der Waals surface area (Å²) < 4.78 is 1.05. The number of phenols is 1. The zero-order chi connectivity index (χ0) is 14.7. The molecule has 0 unspecified atom stereocenters. The van der Waals surface area contributed by atoms with E-state index < -0.39 is 0 Å². The molecule has 1 aliphatic rings. The molecule has 1 aliphatic heterocycles. The fourth-order valence-electron chi connectivity index (χ4n) is 2.93. The van der Waals surface area contributed by atoms with E-state index in [4.69, 9.17) is 0 Å². The van der Waals surface area contributed by atoms with Crippen LogP contribution in [0.3, 0.4) is 0 Å². The van der Waals surface area contributed by atoms with Gasteiger partial charge in [0.05, 0.1) is 0 Å². The monoisotopic (exact) mass is 412 g/mol. The van der Waals surface area contributed by atoms with Crippen LogP contribution in [-0.4, -0.2) is 36.2 Å². The molecule has 0 aliphatic carbocycles. The second-order valence-electron chi connectivity index (χ2n) is 6.09. The Kier molecular flexibility index (Phi) is 9.99. The maximum atomic E-state index is 10.5. The molecule has 1 heterocycles. The van der Waals surface area contributed by atoms with Crippen molar-refractivity contribution in [3.63, 3.8) is 0 Å². The largest absolute Gasteiger partial charge is 0.507 e. The molecule has 0 radical (unpaired) electrons. The molecule has 3 nitrogen and oxygen atoms in total. The average Bonchev–Trinajstić information content (AvgIpc) is 2.41. The first-order valence-electron chi connectivity index (χ1n) is 7.42.